The van der Waals surface area contributed by atoms with Gasteiger partial charge in [0, 0.05) is 19.0 Å². The second kappa shape index (κ2) is 5.40. The Morgan fingerprint density at radius 3 is 2.48 bits per heavy atom. The van der Waals surface area contributed by atoms with Gasteiger partial charge >= 0.3 is 0 Å². The van der Waals surface area contributed by atoms with Crippen LogP contribution in [0.5, 0.6) is 0 Å². The quantitative estimate of drug-likeness (QED) is 0.918. The van der Waals surface area contributed by atoms with Gasteiger partial charge in [-0.05, 0) is 23.8 Å². The number of hydrogen-bond acceptors (Lipinski definition) is 2. The van der Waals surface area contributed by atoms with E-state index in [0.29, 0.717) is 6.42 Å². The standard InChI is InChI=1S/C17H16N2O2/c1-12(20)18-15-11-13-7-5-6-10-16(13)19(17(15)21)14-8-3-2-4-9-14/h2-10,15H,11H2,1H3,(H,18,20). The summed E-state index contributed by atoms with van der Waals surface area (Å²) in [5, 5.41) is 2.74. The van der Waals surface area contributed by atoms with Crippen LogP contribution in [0.15, 0.2) is 54.6 Å². The second-order valence-electron chi connectivity index (χ2n) is 5.10. The van der Waals surface area contributed by atoms with Crippen molar-refractivity contribution in [1.29, 1.82) is 0 Å². The van der Waals surface area contributed by atoms with Crippen LogP contribution in [0.1, 0.15) is 12.5 Å². The van der Waals surface area contributed by atoms with E-state index in [1.165, 1.54) is 6.92 Å². The van der Waals surface area contributed by atoms with Gasteiger partial charge in [-0.3, -0.25) is 14.5 Å². The zero-order valence-corrected chi connectivity index (χ0v) is 11.7. The summed E-state index contributed by atoms with van der Waals surface area (Å²) >= 11 is 0. The molecule has 1 aliphatic rings. The summed E-state index contributed by atoms with van der Waals surface area (Å²) in [7, 11) is 0. The van der Waals surface area contributed by atoms with E-state index in [1.54, 1.807) is 4.90 Å². The second-order valence-corrected chi connectivity index (χ2v) is 5.10. The first kappa shape index (κ1) is 13.4. The van der Waals surface area contributed by atoms with Crippen LogP contribution >= 0.6 is 0 Å². The molecule has 4 heteroatoms. The molecule has 0 aromatic heterocycles. The zero-order chi connectivity index (χ0) is 14.8. The van der Waals surface area contributed by atoms with E-state index in [-0.39, 0.29) is 11.8 Å². The summed E-state index contributed by atoms with van der Waals surface area (Å²) in [6, 6.07) is 16.8. The monoisotopic (exact) mass is 280 g/mol. The number of fused-ring (bicyclic) bond motifs is 1. The Morgan fingerprint density at radius 2 is 1.76 bits per heavy atom. The lowest BCUT2D eigenvalue weighted by molar-refractivity contribution is -0.126. The molecule has 1 atom stereocenters. The first-order valence-electron chi connectivity index (χ1n) is 6.91. The number of anilines is 2. The molecule has 2 amide bonds. The van der Waals surface area contributed by atoms with Crippen LogP contribution < -0.4 is 10.2 Å². The van der Waals surface area contributed by atoms with Crippen molar-refractivity contribution in [3.8, 4) is 0 Å². The minimum atomic E-state index is -0.516. The third-order valence-corrected chi connectivity index (χ3v) is 3.57. The van der Waals surface area contributed by atoms with Crippen LogP contribution in [0.25, 0.3) is 0 Å². The maximum absolute atomic E-state index is 12.7. The predicted octanol–water partition coefficient (Wildman–Crippen LogP) is 2.41. The molecule has 1 unspecified atom stereocenters. The molecule has 21 heavy (non-hydrogen) atoms. The number of rotatable bonds is 2. The van der Waals surface area contributed by atoms with Gasteiger partial charge in [-0.1, -0.05) is 36.4 Å². The van der Waals surface area contributed by atoms with Crippen molar-refractivity contribution in [3.05, 3.63) is 60.2 Å². The number of amides is 2. The van der Waals surface area contributed by atoms with Gasteiger partial charge in [0.1, 0.15) is 6.04 Å². The smallest absolute Gasteiger partial charge is 0.254 e. The minimum Gasteiger partial charge on any atom is -0.344 e. The summed E-state index contributed by atoms with van der Waals surface area (Å²) in [5.74, 6) is -0.296. The highest BCUT2D eigenvalue weighted by atomic mass is 16.2. The molecule has 3 rings (SSSR count). The van der Waals surface area contributed by atoms with Gasteiger partial charge in [0.25, 0.3) is 5.91 Å². The molecule has 0 spiro atoms. The third kappa shape index (κ3) is 2.52. The van der Waals surface area contributed by atoms with Crippen LogP contribution in [0, 0.1) is 0 Å². The lowest BCUT2D eigenvalue weighted by atomic mass is 9.96. The van der Waals surface area contributed by atoms with Crippen molar-refractivity contribution in [2.24, 2.45) is 0 Å². The molecule has 0 radical (unpaired) electrons. The fraction of sp³-hybridized carbons (Fsp3) is 0.176. The van der Waals surface area contributed by atoms with Gasteiger partial charge in [0.2, 0.25) is 5.91 Å². The lowest BCUT2D eigenvalue weighted by Crippen LogP contribution is -2.50. The molecular weight excluding hydrogens is 264 g/mol. The average Bonchev–Trinajstić information content (AvgIpc) is 2.48. The van der Waals surface area contributed by atoms with Gasteiger partial charge in [0.15, 0.2) is 0 Å². The van der Waals surface area contributed by atoms with Crippen molar-refractivity contribution >= 4 is 23.2 Å². The minimum absolute atomic E-state index is 0.102. The van der Waals surface area contributed by atoms with Crippen LogP contribution in [0.2, 0.25) is 0 Å². The normalized spacial score (nSPS) is 17.3. The molecule has 0 saturated heterocycles. The molecule has 2 aromatic rings. The van der Waals surface area contributed by atoms with Crippen molar-refractivity contribution in [1.82, 2.24) is 5.32 Å². The maximum Gasteiger partial charge on any atom is 0.254 e. The van der Waals surface area contributed by atoms with Crippen molar-refractivity contribution in [3.63, 3.8) is 0 Å². The van der Waals surface area contributed by atoms with Gasteiger partial charge in [-0.15, -0.1) is 0 Å². The summed E-state index contributed by atoms with van der Waals surface area (Å²) in [6.45, 7) is 1.43. The van der Waals surface area contributed by atoms with Crippen LogP contribution in [0.3, 0.4) is 0 Å². The fourth-order valence-electron chi connectivity index (χ4n) is 2.68. The van der Waals surface area contributed by atoms with E-state index in [9.17, 15) is 9.59 Å². The van der Waals surface area contributed by atoms with E-state index >= 15 is 0 Å². The van der Waals surface area contributed by atoms with Gasteiger partial charge < -0.3 is 5.32 Å². The molecule has 2 aromatic carbocycles. The van der Waals surface area contributed by atoms with Gasteiger partial charge in [0.05, 0.1) is 5.69 Å². The molecule has 1 heterocycles. The number of carbonyl (C=O) groups is 2. The molecule has 1 aliphatic heterocycles. The molecule has 4 nitrogen and oxygen atoms in total. The molecule has 0 bridgehead atoms. The lowest BCUT2D eigenvalue weighted by Gasteiger charge is -2.34. The van der Waals surface area contributed by atoms with Crippen molar-refractivity contribution < 1.29 is 9.59 Å². The Bertz CT molecular complexity index is 682. The molecule has 1 N–H and O–H groups in total. The maximum atomic E-state index is 12.7. The Hall–Kier alpha value is -2.62. The van der Waals surface area contributed by atoms with Crippen LogP contribution in [-0.2, 0) is 16.0 Å². The number of nitrogens with zero attached hydrogens (tertiary/aromatic N) is 1. The molecule has 0 saturated carbocycles. The highest BCUT2D eigenvalue weighted by molar-refractivity contribution is 6.07. The molecule has 106 valence electrons. The highest BCUT2D eigenvalue weighted by Crippen LogP contribution is 2.33. The summed E-state index contributed by atoms with van der Waals surface area (Å²) < 4.78 is 0. The molecule has 0 aliphatic carbocycles. The Labute approximate surface area is 123 Å². The average molecular weight is 280 g/mol. The number of para-hydroxylation sites is 2. The largest absolute Gasteiger partial charge is 0.344 e. The number of benzene rings is 2. The van der Waals surface area contributed by atoms with E-state index < -0.39 is 6.04 Å². The topological polar surface area (TPSA) is 49.4 Å². The SMILES string of the molecule is CC(=O)NC1Cc2ccccc2N(c2ccccc2)C1=O. The van der Waals surface area contributed by atoms with E-state index in [2.05, 4.69) is 5.32 Å². The summed E-state index contributed by atoms with van der Waals surface area (Å²) in [5.41, 5.74) is 2.75. The Balaban J connectivity index is 2.07. The predicted molar refractivity (Wildman–Crippen MR) is 81.3 cm³/mol. The van der Waals surface area contributed by atoms with Crippen molar-refractivity contribution in [2.75, 3.05) is 4.90 Å². The van der Waals surface area contributed by atoms with E-state index in [4.69, 9.17) is 0 Å². The molecular formula is C17H16N2O2. The molecule has 0 fully saturated rings. The highest BCUT2D eigenvalue weighted by Gasteiger charge is 2.33. The summed E-state index contributed by atoms with van der Waals surface area (Å²) in [6.07, 6.45) is 0.526. The van der Waals surface area contributed by atoms with Gasteiger partial charge in [-0.25, -0.2) is 0 Å². The third-order valence-electron chi connectivity index (χ3n) is 3.57. The Kier molecular flexibility index (Phi) is 3.44. The van der Waals surface area contributed by atoms with Crippen LogP contribution in [0.4, 0.5) is 11.4 Å². The first-order chi connectivity index (χ1) is 10.2. The van der Waals surface area contributed by atoms with E-state index in [0.717, 1.165) is 16.9 Å². The van der Waals surface area contributed by atoms with Crippen molar-refractivity contribution in [2.45, 2.75) is 19.4 Å². The number of hydrogen-bond donors (Lipinski definition) is 1. The Morgan fingerprint density at radius 1 is 1.10 bits per heavy atom. The fourth-order valence-corrected chi connectivity index (χ4v) is 2.68. The number of nitrogens with one attached hydrogen (secondary N) is 1. The first-order valence-corrected chi connectivity index (χ1v) is 6.91. The zero-order valence-electron chi connectivity index (χ0n) is 11.7. The van der Waals surface area contributed by atoms with E-state index in [1.807, 2.05) is 54.6 Å². The number of carbonyl (C=O) groups excluding carboxylic acids is 2. The van der Waals surface area contributed by atoms with Crippen LogP contribution in [-0.4, -0.2) is 17.9 Å². The summed E-state index contributed by atoms with van der Waals surface area (Å²) in [4.78, 5) is 25.7. The van der Waals surface area contributed by atoms with Gasteiger partial charge in [-0.2, -0.15) is 0 Å².